The molecule has 3 aliphatic rings. The Kier molecular flexibility index (Phi) is 5.81. The van der Waals surface area contributed by atoms with E-state index in [4.69, 9.17) is 9.47 Å². The fraction of sp³-hybridized carbons (Fsp3) is 0.667. The zero-order valence-corrected chi connectivity index (χ0v) is 16.9. The Morgan fingerprint density at radius 1 is 1.34 bits per heavy atom. The molecule has 2 aliphatic carbocycles. The Morgan fingerprint density at radius 3 is 2.83 bits per heavy atom. The van der Waals surface area contributed by atoms with Crippen LogP contribution in [0.1, 0.15) is 37.7 Å². The lowest BCUT2D eigenvalue weighted by Gasteiger charge is -2.57. The highest BCUT2D eigenvalue weighted by Gasteiger charge is 2.65. The van der Waals surface area contributed by atoms with E-state index in [2.05, 4.69) is 20.4 Å². The number of alkyl halides is 2. The van der Waals surface area contributed by atoms with E-state index in [9.17, 15) is 8.78 Å². The summed E-state index contributed by atoms with van der Waals surface area (Å²) in [5.74, 6) is 1.89. The number of hydrogen-bond donors (Lipinski definition) is 2. The summed E-state index contributed by atoms with van der Waals surface area (Å²) in [6.45, 7) is -1.75. The van der Waals surface area contributed by atoms with Crippen LogP contribution in [0, 0.1) is 11.3 Å². The standard InChI is InChI=1S/C21H29F2N3O3/c1-24-20(25-12-13-11-14(27-2)5-6-16(13)29-19(22)23)26-17-15-7-10-28-18(15)21(17)8-3-4-9-21/h5-6,11,15,17-19H,3-4,7-10,12H2,1-2H3,(H2,24,25,26). The topological polar surface area (TPSA) is 64.1 Å². The van der Waals surface area contributed by atoms with Gasteiger partial charge < -0.3 is 24.8 Å². The number of rotatable bonds is 6. The van der Waals surface area contributed by atoms with Gasteiger partial charge in [0, 0.05) is 43.1 Å². The predicted molar refractivity (Wildman–Crippen MR) is 105 cm³/mol. The normalized spacial score (nSPS) is 27.6. The summed E-state index contributed by atoms with van der Waals surface area (Å²) in [7, 11) is 3.26. The molecule has 1 aliphatic heterocycles. The molecule has 0 radical (unpaired) electrons. The van der Waals surface area contributed by atoms with Crippen LogP contribution < -0.4 is 20.1 Å². The molecule has 0 aromatic heterocycles. The van der Waals surface area contributed by atoms with Crippen LogP contribution in [0.5, 0.6) is 11.5 Å². The molecule has 0 amide bonds. The molecule has 1 aromatic carbocycles. The van der Waals surface area contributed by atoms with Crippen LogP contribution in [0.4, 0.5) is 8.78 Å². The van der Waals surface area contributed by atoms with Gasteiger partial charge in [-0.1, -0.05) is 12.8 Å². The van der Waals surface area contributed by atoms with E-state index >= 15 is 0 Å². The number of aliphatic imine (C=N–C) groups is 1. The maximum absolute atomic E-state index is 12.7. The van der Waals surface area contributed by atoms with Gasteiger partial charge in [-0.05, 0) is 37.5 Å². The van der Waals surface area contributed by atoms with E-state index in [1.165, 1.54) is 31.7 Å². The molecule has 6 nitrogen and oxygen atoms in total. The maximum Gasteiger partial charge on any atom is 0.387 e. The molecule has 2 saturated carbocycles. The van der Waals surface area contributed by atoms with Crippen molar-refractivity contribution < 1.29 is 23.0 Å². The minimum absolute atomic E-state index is 0.129. The van der Waals surface area contributed by atoms with Crippen molar-refractivity contribution in [2.45, 2.75) is 57.4 Å². The van der Waals surface area contributed by atoms with Gasteiger partial charge in [-0.3, -0.25) is 4.99 Å². The molecule has 4 rings (SSSR count). The summed E-state index contributed by atoms with van der Waals surface area (Å²) in [4.78, 5) is 4.36. The highest BCUT2D eigenvalue weighted by Crippen LogP contribution is 2.60. The largest absolute Gasteiger partial charge is 0.497 e. The first-order valence-electron chi connectivity index (χ1n) is 10.3. The lowest BCUT2D eigenvalue weighted by molar-refractivity contribution is -0.125. The van der Waals surface area contributed by atoms with Gasteiger partial charge in [0.05, 0.1) is 13.2 Å². The minimum atomic E-state index is -2.88. The highest BCUT2D eigenvalue weighted by atomic mass is 19.3. The van der Waals surface area contributed by atoms with Crippen LogP contribution in [0.25, 0.3) is 0 Å². The summed E-state index contributed by atoms with van der Waals surface area (Å²) in [5.41, 5.74) is 0.789. The SMILES string of the molecule is CN=C(NCc1cc(OC)ccc1OC(F)F)NC1C2CCOC2C12CCCC2. The maximum atomic E-state index is 12.7. The first-order valence-corrected chi connectivity index (χ1v) is 10.3. The van der Waals surface area contributed by atoms with E-state index in [-0.39, 0.29) is 11.2 Å². The number of methoxy groups -OCH3 is 1. The molecule has 0 bridgehead atoms. The van der Waals surface area contributed by atoms with Crippen molar-refractivity contribution in [2.24, 2.45) is 16.3 Å². The van der Waals surface area contributed by atoms with E-state index in [1.807, 2.05) is 0 Å². The lowest BCUT2D eigenvalue weighted by Crippen LogP contribution is -2.69. The Bertz CT molecular complexity index is 753. The van der Waals surface area contributed by atoms with Crippen molar-refractivity contribution in [1.29, 1.82) is 0 Å². The molecule has 3 atom stereocenters. The Balaban J connectivity index is 1.44. The molecule has 3 unspecified atom stereocenters. The number of fused-ring (bicyclic) bond motifs is 2. The van der Waals surface area contributed by atoms with Crippen LogP contribution in [-0.2, 0) is 11.3 Å². The summed E-state index contributed by atoms with van der Waals surface area (Å²) in [6, 6.07) is 5.14. The Labute approximate surface area is 170 Å². The zero-order valence-electron chi connectivity index (χ0n) is 16.9. The molecular formula is C21H29F2N3O3. The Hall–Kier alpha value is -2.09. The van der Waals surface area contributed by atoms with Crippen molar-refractivity contribution in [1.82, 2.24) is 10.6 Å². The molecule has 1 heterocycles. The second-order valence-electron chi connectivity index (χ2n) is 8.08. The third-order valence-corrected chi connectivity index (χ3v) is 6.73. The number of halogens is 2. The van der Waals surface area contributed by atoms with E-state index in [1.54, 1.807) is 26.3 Å². The van der Waals surface area contributed by atoms with Gasteiger partial charge in [0.2, 0.25) is 0 Å². The fourth-order valence-electron chi connectivity index (χ4n) is 5.46. The minimum Gasteiger partial charge on any atom is -0.497 e. The molecule has 1 spiro atoms. The monoisotopic (exact) mass is 409 g/mol. The molecule has 2 N–H and O–H groups in total. The summed E-state index contributed by atoms with van der Waals surface area (Å²) >= 11 is 0. The smallest absolute Gasteiger partial charge is 0.387 e. The third-order valence-electron chi connectivity index (χ3n) is 6.73. The molecule has 8 heteroatoms. The third kappa shape index (κ3) is 3.74. The molecule has 29 heavy (non-hydrogen) atoms. The van der Waals surface area contributed by atoms with Gasteiger partial charge in [-0.25, -0.2) is 0 Å². The van der Waals surface area contributed by atoms with Crippen LogP contribution in [0.15, 0.2) is 23.2 Å². The molecule has 1 aromatic rings. The average molecular weight is 409 g/mol. The first kappa shape index (κ1) is 20.2. The van der Waals surface area contributed by atoms with Crippen molar-refractivity contribution in [3.8, 4) is 11.5 Å². The number of benzene rings is 1. The highest BCUT2D eigenvalue weighted by molar-refractivity contribution is 5.80. The average Bonchev–Trinajstić information content (AvgIpc) is 3.37. The molecule has 3 fully saturated rings. The van der Waals surface area contributed by atoms with Gasteiger partial charge >= 0.3 is 6.61 Å². The number of ether oxygens (including phenoxy) is 3. The van der Waals surface area contributed by atoms with Crippen molar-refractivity contribution in [2.75, 3.05) is 20.8 Å². The molecule has 1 saturated heterocycles. The van der Waals surface area contributed by atoms with E-state index in [0.717, 1.165) is 13.0 Å². The second-order valence-corrected chi connectivity index (χ2v) is 8.08. The van der Waals surface area contributed by atoms with Crippen molar-refractivity contribution >= 4 is 5.96 Å². The van der Waals surface area contributed by atoms with Gasteiger partial charge in [-0.2, -0.15) is 8.78 Å². The second kappa shape index (κ2) is 8.34. The number of hydrogen-bond acceptors (Lipinski definition) is 4. The molecular weight excluding hydrogens is 380 g/mol. The van der Waals surface area contributed by atoms with Crippen LogP contribution in [0.3, 0.4) is 0 Å². The van der Waals surface area contributed by atoms with E-state index < -0.39 is 6.61 Å². The Morgan fingerprint density at radius 2 is 2.14 bits per heavy atom. The van der Waals surface area contributed by atoms with Crippen molar-refractivity contribution in [3.63, 3.8) is 0 Å². The molecule has 160 valence electrons. The fourth-order valence-corrected chi connectivity index (χ4v) is 5.46. The van der Waals surface area contributed by atoms with Crippen LogP contribution >= 0.6 is 0 Å². The lowest BCUT2D eigenvalue weighted by atomic mass is 9.54. The summed E-state index contributed by atoms with van der Waals surface area (Å²) < 4.78 is 41.4. The first-order chi connectivity index (χ1) is 14.1. The van der Waals surface area contributed by atoms with Gasteiger partial charge in [-0.15, -0.1) is 0 Å². The van der Waals surface area contributed by atoms with E-state index in [0.29, 0.717) is 41.9 Å². The number of nitrogens with zero attached hydrogens (tertiary/aromatic N) is 1. The number of nitrogens with one attached hydrogen (secondary N) is 2. The number of guanidine groups is 1. The summed E-state index contributed by atoms with van der Waals surface area (Å²) in [6.07, 6.45) is 6.30. The van der Waals surface area contributed by atoms with Crippen LogP contribution in [-0.4, -0.2) is 45.5 Å². The van der Waals surface area contributed by atoms with Crippen LogP contribution in [0.2, 0.25) is 0 Å². The van der Waals surface area contributed by atoms with Crippen molar-refractivity contribution in [3.05, 3.63) is 23.8 Å². The van der Waals surface area contributed by atoms with Gasteiger partial charge in [0.15, 0.2) is 5.96 Å². The van der Waals surface area contributed by atoms with Gasteiger partial charge in [0.1, 0.15) is 11.5 Å². The predicted octanol–water partition coefficient (Wildman–Crippen LogP) is 3.31. The zero-order chi connectivity index (χ0) is 20.4. The quantitative estimate of drug-likeness (QED) is 0.558. The van der Waals surface area contributed by atoms with Gasteiger partial charge in [0.25, 0.3) is 0 Å². The summed E-state index contributed by atoms with van der Waals surface area (Å²) in [5, 5.41) is 6.86.